The summed E-state index contributed by atoms with van der Waals surface area (Å²) < 4.78 is 0. The Morgan fingerprint density at radius 1 is 1.33 bits per heavy atom. The normalized spacial score (nSPS) is 19.3. The summed E-state index contributed by atoms with van der Waals surface area (Å²) in [5.74, 6) is 0. The highest BCUT2D eigenvalue weighted by Gasteiger charge is 2.15. The number of benzene rings is 1. The molecule has 1 aliphatic heterocycles. The zero-order valence-electron chi connectivity index (χ0n) is 12.5. The second-order valence-corrected chi connectivity index (χ2v) is 6.36. The largest absolute Gasteiger partial charge is 0.313 e. The average Bonchev–Trinajstić information content (AvgIpc) is 2.51. The monoisotopic (exact) mass is 303 g/mol. The molecule has 0 radical (unpaired) electrons. The molecule has 21 heavy (non-hydrogen) atoms. The first-order chi connectivity index (χ1) is 10.2. The van der Waals surface area contributed by atoms with Crippen LogP contribution in [0, 0.1) is 0 Å². The first kappa shape index (κ1) is 14.8. The number of rotatable bonds is 4. The van der Waals surface area contributed by atoms with Gasteiger partial charge in [0.1, 0.15) is 0 Å². The Balaban J connectivity index is 1.73. The average molecular weight is 304 g/mol. The van der Waals surface area contributed by atoms with E-state index in [0.29, 0.717) is 6.04 Å². The molecule has 1 atom stereocenters. The number of aromatic nitrogens is 1. The van der Waals surface area contributed by atoms with Gasteiger partial charge in [-0.05, 0) is 50.2 Å². The van der Waals surface area contributed by atoms with Crippen LogP contribution in [0.2, 0.25) is 5.02 Å². The third-order valence-corrected chi connectivity index (χ3v) is 4.51. The second kappa shape index (κ2) is 6.73. The minimum atomic E-state index is 0.621. The quantitative estimate of drug-likeness (QED) is 0.937. The molecule has 1 aliphatic rings. The number of hydrogen-bond acceptors (Lipinski definition) is 3. The van der Waals surface area contributed by atoms with Gasteiger partial charge in [-0.15, -0.1) is 0 Å². The molecule has 1 aromatic carbocycles. The molecule has 1 aromatic heterocycles. The van der Waals surface area contributed by atoms with Gasteiger partial charge in [0.15, 0.2) is 0 Å². The van der Waals surface area contributed by atoms with Gasteiger partial charge in [0, 0.05) is 35.7 Å². The van der Waals surface area contributed by atoms with E-state index in [1.165, 1.54) is 24.8 Å². The fraction of sp³-hybridized carbons (Fsp3) is 0.471. The Hall–Kier alpha value is -1.16. The van der Waals surface area contributed by atoms with Crippen LogP contribution < -0.4 is 5.32 Å². The maximum Gasteiger partial charge on any atom is 0.0761 e. The van der Waals surface area contributed by atoms with Crippen molar-refractivity contribution in [3.05, 3.63) is 41.0 Å². The summed E-state index contributed by atoms with van der Waals surface area (Å²) in [5, 5.41) is 5.42. The molecule has 0 bridgehead atoms. The number of likely N-dealkylation sites (N-methyl/N-ethyl adjacent to an activating group) is 1. The number of piperidine rings is 1. The predicted molar refractivity (Wildman–Crippen MR) is 88.7 cm³/mol. The molecule has 0 spiro atoms. The molecule has 0 amide bonds. The number of fused-ring (bicyclic) bond motifs is 1. The van der Waals surface area contributed by atoms with E-state index >= 15 is 0 Å². The lowest BCUT2D eigenvalue weighted by atomic mass is 10.0. The molecule has 0 saturated carbocycles. The van der Waals surface area contributed by atoms with Crippen molar-refractivity contribution in [1.29, 1.82) is 0 Å². The molecule has 1 unspecified atom stereocenters. The lowest BCUT2D eigenvalue weighted by Crippen LogP contribution is -2.42. The number of hydrogen-bond donors (Lipinski definition) is 1. The lowest BCUT2D eigenvalue weighted by molar-refractivity contribution is 0.257. The van der Waals surface area contributed by atoms with E-state index in [2.05, 4.69) is 28.3 Å². The molecule has 3 nitrogen and oxygen atoms in total. The molecule has 1 saturated heterocycles. The maximum atomic E-state index is 6.26. The van der Waals surface area contributed by atoms with E-state index in [4.69, 9.17) is 11.6 Å². The van der Waals surface area contributed by atoms with Crippen LogP contribution in [0.4, 0.5) is 0 Å². The molecule has 3 rings (SSSR count). The lowest BCUT2D eigenvalue weighted by Gasteiger charge is -2.28. The zero-order chi connectivity index (χ0) is 14.7. The fourth-order valence-corrected chi connectivity index (χ4v) is 3.35. The molecular weight excluding hydrogens is 282 g/mol. The van der Waals surface area contributed by atoms with E-state index in [1.54, 1.807) is 0 Å². The molecule has 1 fully saturated rings. The van der Waals surface area contributed by atoms with E-state index in [1.807, 2.05) is 24.4 Å². The van der Waals surface area contributed by atoms with E-state index in [-0.39, 0.29) is 0 Å². The Morgan fingerprint density at radius 3 is 3.05 bits per heavy atom. The molecule has 2 heterocycles. The second-order valence-electron chi connectivity index (χ2n) is 5.95. The SMILES string of the molecule is CN(Cc1ccc(Cl)c2cccnc12)CC1CCCCN1. The van der Waals surface area contributed by atoms with E-state index < -0.39 is 0 Å². The van der Waals surface area contributed by atoms with Gasteiger partial charge >= 0.3 is 0 Å². The minimum absolute atomic E-state index is 0.621. The van der Waals surface area contributed by atoms with Gasteiger partial charge in [0.25, 0.3) is 0 Å². The van der Waals surface area contributed by atoms with Crippen LogP contribution in [-0.4, -0.2) is 36.1 Å². The van der Waals surface area contributed by atoms with Crippen molar-refractivity contribution >= 4 is 22.5 Å². The number of halogens is 1. The van der Waals surface area contributed by atoms with Crippen molar-refractivity contribution in [3.63, 3.8) is 0 Å². The van der Waals surface area contributed by atoms with Gasteiger partial charge in [-0.3, -0.25) is 4.98 Å². The van der Waals surface area contributed by atoms with Crippen LogP contribution >= 0.6 is 11.6 Å². The van der Waals surface area contributed by atoms with Crippen molar-refractivity contribution in [2.75, 3.05) is 20.1 Å². The van der Waals surface area contributed by atoms with Crippen molar-refractivity contribution in [2.24, 2.45) is 0 Å². The van der Waals surface area contributed by atoms with Crippen molar-refractivity contribution in [3.8, 4) is 0 Å². The van der Waals surface area contributed by atoms with Crippen LogP contribution in [0.15, 0.2) is 30.5 Å². The highest BCUT2D eigenvalue weighted by Crippen LogP contribution is 2.25. The molecule has 4 heteroatoms. The van der Waals surface area contributed by atoms with Crippen LogP contribution in [0.1, 0.15) is 24.8 Å². The van der Waals surface area contributed by atoms with Gasteiger partial charge in [-0.25, -0.2) is 0 Å². The predicted octanol–water partition coefficient (Wildman–Crippen LogP) is 3.46. The first-order valence-electron chi connectivity index (χ1n) is 7.68. The van der Waals surface area contributed by atoms with Gasteiger partial charge in [0.05, 0.1) is 5.52 Å². The molecule has 2 aromatic rings. The van der Waals surface area contributed by atoms with Crippen LogP contribution in [0.3, 0.4) is 0 Å². The maximum absolute atomic E-state index is 6.26. The number of nitrogens with one attached hydrogen (secondary N) is 1. The summed E-state index contributed by atoms with van der Waals surface area (Å²) in [6, 6.07) is 8.68. The Morgan fingerprint density at radius 2 is 2.24 bits per heavy atom. The third-order valence-electron chi connectivity index (χ3n) is 4.18. The number of nitrogens with zero attached hydrogens (tertiary/aromatic N) is 2. The first-order valence-corrected chi connectivity index (χ1v) is 8.06. The molecule has 0 aliphatic carbocycles. The van der Waals surface area contributed by atoms with Gasteiger partial charge in [-0.2, -0.15) is 0 Å². The Labute approximate surface area is 131 Å². The minimum Gasteiger partial charge on any atom is -0.313 e. The van der Waals surface area contributed by atoms with Crippen LogP contribution in [0.25, 0.3) is 10.9 Å². The van der Waals surface area contributed by atoms with Crippen LogP contribution in [-0.2, 0) is 6.54 Å². The smallest absolute Gasteiger partial charge is 0.0761 e. The molecule has 112 valence electrons. The number of pyridine rings is 1. The van der Waals surface area contributed by atoms with Gasteiger partial charge in [0.2, 0.25) is 0 Å². The third kappa shape index (κ3) is 3.54. The summed E-state index contributed by atoms with van der Waals surface area (Å²) >= 11 is 6.26. The fourth-order valence-electron chi connectivity index (χ4n) is 3.14. The topological polar surface area (TPSA) is 28.2 Å². The van der Waals surface area contributed by atoms with E-state index in [9.17, 15) is 0 Å². The Bertz CT molecular complexity index is 608. The van der Waals surface area contributed by atoms with Crippen molar-refractivity contribution in [2.45, 2.75) is 31.8 Å². The summed E-state index contributed by atoms with van der Waals surface area (Å²) in [4.78, 5) is 6.89. The highest BCUT2D eigenvalue weighted by molar-refractivity contribution is 6.35. The van der Waals surface area contributed by atoms with E-state index in [0.717, 1.165) is 35.6 Å². The summed E-state index contributed by atoms with van der Waals surface area (Å²) in [7, 11) is 2.18. The van der Waals surface area contributed by atoms with Gasteiger partial charge < -0.3 is 10.2 Å². The summed E-state index contributed by atoms with van der Waals surface area (Å²) in [6.45, 7) is 3.14. The standard InChI is InChI=1S/C17H22ClN3/c1-21(12-14-5-2-3-9-19-14)11-13-7-8-16(18)15-6-4-10-20-17(13)15/h4,6-8,10,14,19H,2-3,5,9,11-12H2,1H3. The Kier molecular flexibility index (Phi) is 4.73. The molecule has 1 N–H and O–H groups in total. The highest BCUT2D eigenvalue weighted by atomic mass is 35.5. The zero-order valence-corrected chi connectivity index (χ0v) is 13.2. The summed E-state index contributed by atoms with van der Waals surface area (Å²) in [6.07, 6.45) is 5.78. The molecular formula is C17H22ClN3. The summed E-state index contributed by atoms with van der Waals surface area (Å²) in [5.41, 5.74) is 2.27. The van der Waals surface area contributed by atoms with Gasteiger partial charge in [-0.1, -0.05) is 24.1 Å². The van der Waals surface area contributed by atoms with Crippen molar-refractivity contribution < 1.29 is 0 Å². The van der Waals surface area contributed by atoms with Crippen LogP contribution in [0.5, 0.6) is 0 Å². The van der Waals surface area contributed by atoms with Crippen molar-refractivity contribution in [1.82, 2.24) is 15.2 Å².